The molecule has 3 heterocycles. The summed E-state index contributed by atoms with van der Waals surface area (Å²) in [7, 11) is 0. The maximum atomic E-state index is 11.9. The predicted octanol–water partition coefficient (Wildman–Crippen LogP) is 10.4. The van der Waals surface area contributed by atoms with Gasteiger partial charge in [0.1, 0.15) is 5.84 Å². The summed E-state index contributed by atoms with van der Waals surface area (Å²) in [5.74, 6) is 2.81. The maximum Gasteiger partial charge on any atom is 0.162 e. The van der Waals surface area contributed by atoms with Crippen molar-refractivity contribution >= 4 is 17.3 Å². The highest BCUT2D eigenvalue weighted by Gasteiger charge is 2.32. The van der Waals surface area contributed by atoms with E-state index >= 15 is 0 Å². The van der Waals surface area contributed by atoms with Crippen LogP contribution in [0.15, 0.2) is 95.6 Å². The van der Waals surface area contributed by atoms with Crippen LogP contribution in [0.4, 0.5) is 5.69 Å². The molecule has 3 aromatic carbocycles. The van der Waals surface area contributed by atoms with E-state index in [2.05, 4.69) is 102 Å². The van der Waals surface area contributed by atoms with Crippen LogP contribution in [-0.4, -0.2) is 35.7 Å². The van der Waals surface area contributed by atoms with E-state index in [0.717, 1.165) is 48.8 Å². The molecule has 0 amide bonds. The van der Waals surface area contributed by atoms with Crippen molar-refractivity contribution in [1.82, 2.24) is 15.9 Å². The number of fused-ring (bicyclic) bond motifs is 1. The Morgan fingerprint density at radius 2 is 1.67 bits per heavy atom. The molecule has 2 atom stereocenters. The number of ketones is 1. The number of nitrogens with one attached hydrogen (secondary N) is 2. The molecule has 3 aliphatic heterocycles. The third kappa shape index (κ3) is 11.0. The lowest BCUT2D eigenvalue weighted by Gasteiger charge is -2.22. The van der Waals surface area contributed by atoms with E-state index in [1.807, 2.05) is 31.2 Å². The van der Waals surface area contributed by atoms with E-state index in [1.54, 1.807) is 0 Å². The predicted molar refractivity (Wildman–Crippen MR) is 210 cm³/mol. The van der Waals surface area contributed by atoms with Gasteiger partial charge in [0, 0.05) is 25.7 Å². The number of allylic oxidation sites excluding steroid dienone is 1. The Labute approximate surface area is 298 Å². The summed E-state index contributed by atoms with van der Waals surface area (Å²) in [5, 5.41) is 2.10. The summed E-state index contributed by atoms with van der Waals surface area (Å²) in [6.07, 6.45) is 13.3. The number of nitrogens with zero attached hydrogens (tertiary/aromatic N) is 3. The molecule has 49 heavy (non-hydrogen) atoms. The zero-order chi connectivity index (χ0) is 33.7. The molecule has 3 aromatic rings. The summed E-state index contributed by atoms with van der Waals surface area (Å²) < 4.78 is 0. The van der Waals surface area contributed by atoms with Crippen molar-refractivity contribution in [2.75, 3.05) is 18.1 Å². The number of amidine groups is 1. The van der Waals surface area contributed by atoms with Gasteiger partial charge in [-0.3, -0.25) is 9.69 Å². The Morgan fingerprint density at radius 1 is 0.939 bits per heavy atom. The number of hydrogen-bond acceptors (Lipinski definition) is 6. The average molecular weight is 666 g/mol. The molecular formula is C43H63N5O. The van der Waals surface area contributed by atoms with Crippen LogP contribution in [0.1, 0.15) is 127 Å². The number of carbonyl (C=O) groups excluding carboxylic acids is 1. The summed E-state index contributed by atoms with van der Waals surface area (Å²) >= 11 is 0. The Balaban J connectivity index is 0.000000306. The molecule has 0 spiro atoms. The normalized spacial score (nSPS) is 19.2. The highest BCUT2D eigenvalue weighted by molar-refractivity contribution is 6.03. The van der Waals surface area contributed by atoms with Gasteiger partial charge in [-0.1, -0.05) is 126 Å². The molecule has 6 rings (SSSR count). The van der Waals surface area contributed by atoms with Crippen LogP contribution in [0.25, 0.3) is 0 Å². The highest BCUT2D eigenvalue weighted by Crippen LogP contribution is 2.31. The standard InChI is InChI=1S/C26H33N5.C16H24O.CH4.H2/c1-2-23-12-15-25-26(27-23)31(29-28-25)24-13-10-22(11-14-24)21-9-6-17-30(18-16-21)19-20-7-4-3-5-8-20;1-4-14(5-2)7-6-8-16(17)15-11-9-13(3)10-12-15;;/h3-5,7-8,10-14,21,25,28-29H,2,6,9,15-19H2,1H3;9-12,14H,4-8H2,1-3H3;1H4;1H. The zero-order valence-electron chi connectivity index (χ0n) is 29.8. The van der Waals surface area contributed by atoms with Gasteiger partial charge in [0.15, 0.2) is 5.78 Å². The molecule has 6 nitrogen and oxygen atoms in total. The number of hydrogen-bond donors (Lipinski definition) is 2. The van der Waals surface area contributed by atoms with Gasteiger partial charge in [0.25, 0.3) is 0 Å². The first kappa shape index (κ1) is 38.2. The van der Waals surface area contributed by atoms with Gasteiger partial charge >= 0.3 is 0 Å². The maximum absolute atomic E-state index is 11.9. The second-order valence-corrected chi connectivity index (χ2v) is 13.7. The molecule has 3 aliphatic rings. The van der Waals surface area contributed by atoms with Gasteiger partial charge in [0.2, 0.25) is 0 Å². The highest BCUT2D eigenvalue weighted by atomic mass is 16.1. The van der Waals surface area contributed by atoms with E-state index in [4.69, 9.17) is 4.99 Å². The van der Waals surface area contributed by atoms with Crippen LogP contribution in [0, 0.1) is 12.8 Å². The van der Waals surface area contributed by atoms with Crippen molar-refractivity contribution in [3.05, 3.63) is 113 Å². The number of anilines is 1. The van der Waals surface area contributed by atoms with Crippen molar-refractivity contribution < 1.29 is 6.22 Å². The summed E-state index contributed by atoms with van der Waals surface area (Å²) in [6, 6.07) is 28.1. The van der Waals surface area contributed by atoms with Gasteiger partial charge < -0.3 is 0 Å². The fraction of sp³-hybridized carbons (Fsp3) is 0.488. The Morgan fingerprint density at radius 3 is 2.37 bits per heavy atom. The van der Waals surface area contributed by atoms with Gasteiger partial charge in [-0.15, -0.1) is 0 Å². The Bertz CT molecular complexity index is 1480. The van der Waals surface area contributed by atoms with Crippen LogP contribution in [-0.2, 0) is 6.54 Å². The first-order valence-electron chi connectivity index (χ1n) is 18.5. The number of likely N-dealkylation sites (tertiary alicyclic amines) is 1. The smallest absolute Gasteiger partial charge is 0.162 e. The fourth-order valence-corrected chi connectivity index (χ4v) is 7.10. The van der Waals surface area contributed by atoms with Crippen LogP contribution in [0.3, 0.4) is 0 Å². The molecule has 266 valence electrons. The van der Waals surface area contributed by atoms with Crippen molar-refractivity contribution in [2.24, 2.45) is 10.9 Å². The molecule has 0 saturated carbocycles. The first-order valence-corrected chi connectivity index (χ1v) is 18.5. The fourth-order valence-electron chi connectivity index (χ4n) is 7.10. The molecule has 0 aromatic heterocycles. The second-order valence-electron chi connectivity index (χ2n) is 13.7. The Hall–Kier alpha value is -3.58. The molecule has 0 bridgehead atoms. The zero-order valence-corrected chi connectivity index (χ0v) is 29.8. The van der Waals surface area contributed by atoms with E-state index in [0.29, 0.717) is 12.3 Å². The summed E-state index contributed by atoms with van der Waals surface area (Å²) in [5.41, 5.74) is 13.9. The lowest BCUT2D eigenvalue weighted by atomic mass is 9.92. The van der Waals surface area contributed by atoms with Gasteiger partial charge in [0.05, 0.1) is 11.7 Å². The van der Waals surface area contributed by atoms with Crippen molar-refractivity contribution in [1.29, 1.82) is 0 Å². The summed E-state index contributed by atoms with van der Waals surface area (Å²) in [4.78, 5) is 19.4. The van der Waals surface area contributed by atoms with Crippen molar-refractivity contribution in [2.45, 2.75) is 118 Å². The monoisotopic (exact) mass is 666 g/mol. The van der Waals surface area contributed by atoms with Gasteiger partial charge in [-0.25, -0.2) is 15.4 Å². The third-order valence-electron chi connectivity index (χ3n) is 10.3. The number of hydrazine groups is 2. The molecule has 2 fully saturated rings. The second kappa shape index (κ2) is 19.6. The largest absolute Gasteiger partial charge is 0.299 e. The number of benzene rings is 3. The number of rotatable bonds is 12. The molecule has 2 N–H and O–H groups in total. The van der Waals surface area contributed by atoms with Gasteiger partial charge in [-0.05, 0) is 93.6 Å². The number of Topliss-reactive ketones (excluding diaryl/α,β-unsaturated/α-hetero) is 1. The SMILES string of the molecule is C.CCC(CC)CCCC(=O)c1ccc(C)cc1.CCC1=CCC2NNN(c3ccc(C4CCCN(Cc5ccccc5)CC4)cc3)C2=N1.[HH]. The molecule has 2 unspecified atom stereocenters. The molecule has 0 aliphatic carbocycles. The van der Waals surface area contributed by atoms with E-state index in [1.165, 1.54) is 74.0 Å². The topological polar surface area (TPSA) is 60.0 Å². The molecule has 2 saturated heterocycles. The van der Waals surface area contributed by atoms with E-state index in [-0.39, 0.29) is 20.7 Å². The summed E-state index contributed by atoms with van der Waals surface area (Å²) in [6.45, 7) is 12.1. The van der Waals surface area contributed by atoms with E-state index in [9.17, 15) is 4.79 Å². The number of aryl methyl sites for hydroxylation is 1. The van der Waals surface area contributed by atoms with Gasteiger partial charge in [-0.2, -0.15) is 5.53 Å². The average Bonchev–Trinajstić information content (AvgIpc) is 3.41. The Kier molecular flexibility index (Phi) is 15.3. The van der Waals surface area contributed by atoms with E-state index < -0.39 is 0 Å². The van der Waals surface area contributed by atoms with Crippen molar-refractivity contribution in [3.63, 3.8) is 0 Å². The quantitative estimate of drug-likeness (QED) is 0.189. The minimum absolute atomic E-state index is 0. The van der Waals surface area contributed by atoms with Crippen LogP contribution >= 0.6 is 0 Å². The lowest BCUT2D eigenvalue weighted by molar-refractivity contribution is 0.0977. The number of carbonyl (C=O) groups is 1. The molecule has 0 radical (unpaired) electrons. The minimum Gasteiger partial charge on any atom is -0.299 e. The molecule has 6 heteroatoms. The minimum atomic E-state index is 0. The number of aliphatic imine (C=N–C) groups is 1. The lowest BCUT2D eigenvalue weighted by Crippen LogP contribution is -2.37. The van der Waals surface area contributed by atoms with Crippen molar-refractivity contribution in [3.8, 4) is 0 Å². The van der Waals surface area contributed by atoms with Crippen LogP contribution in [0.5, 0.6) is 0 Å². The van der Waals surface area contributed by atoms with Crippen LogP contribution in [0.2, 0.25) is 0 Å². The third-order valence-corrected chi connectivity index (χ3v) is 10.3. The van der Waals surface area contributed by atoms with Crippen LogP contribution < -0.4 is 16.0 Å². The first-order chi connectivity index (χ1) is 23.5. The molecular weight excluding hydrogens is 603 g/mol.